The number of hydrogen-bond acceptors (Lipinski definition) is 5. The van der Waals surface area contributed by atoms with Gasteiger partial charge in [0.1, 0.15) is 11.6 Å². The van der Waals surface area contributed by atoms with E-state index >= 15 is 0 Å². The Labute approximate surface area is 218 Å². The molecule has 0 saturated carbocycles. The van der Waals surface area contributed by atoms with Crippen molar-refractivity contribution in [3.05, 3.63) is 71.2 Å². The van der Waals surface area contributed by atoms with Crippen LogP contribution in [0.5, 0.6) is 0 Å². The lowest BCUT2D eigenvalue weighted by atomic mass is 10.1. The van der Waals surface area contributed by atoms with Crippen LogP contribution in [-0.2, 0) is 6.42 Å². The fraction of sp³-hybridized carbons (Fsp3) is 0.379. The quantitative estimate of drug-likeness (QED) is 0.397. The summed E-state index contributed by atoms with van der Waals surface area (Å²) in [4.78, 5) is 27.4. The van der Waals surface area contributed by atoms with Gasteiger partial charge in [-0.3, -0.25) is 0 Å². The standard InChI is InChI=1S/C29H35N7O/c1-5-11-24-30-27(25-22(4)33-36(28(25)31-24)23-14-7-6-8-15-23)34-16-10-17-35(19-18-34)29(37)32-26-20(2)12-9-13-21(26)3/h6-9,12-15H,5,10-11,16-19H2,1-4H3,(H,32,37). The lowest BCUT2D eigenvalue weighted by Gasteiger charge is -2.24. The molecule has 1 N–H and O–H groups in total. The molecule has 192 valence electrons. The van der Waals surface area contributed by atoms with Crippen LogP contribution in [0.15, 0.2) is 48.5 Å². The highest BCUT2D eigenvalue weighted by Crippen LogP contribution is 2.30. The summed E-state index contributed by atoms with van der Waals surface area (Å²) < 4.78 is 1.93. The van der Waals surface area contributed by atoms with Crippen molar-refractivity contribution in [1.82, 2.24) is 24.6 Å². The predicted molar refractivity (Wildman–Crippen MR) is 149 cm³/mol. The van der Waals surface area contributed by atoms with E-state index in [9.17, 15) is 4.79 Å². The minimum Gasteiger partial charge on any atom is -0.354 e. The summed E-state index contributed by atoms with van der Waals surface area (Å²) >= 11 is 0. The zero-order valence-corrected chi connectivity index (χ0v) is 22.2. The van der Waals surface area contributed by atoms with Crippen LogP contribution in [0.3, 0.4) is 0 Å². The number of aryl methyl sites for hydroxylation is 4. The molecular weight excluding hydrogens is 462 g/mol. The first-order valence-electron chi connectivity index (χ1n) is 13.1. The number of carbonyl (C=O) groups is 1. The van der Waals surface area contributed by atoms with E-state index in [1.54, 1.807) is 0 Å². The van der Waals surface area contributed by atoms with Gasteiger partial charge in [0, 0.05) is 38.3 Å². The number of hydrogen-bond donors (Lipinski definition) is 1. The molecular formula is C29H35N7O. The summed E-state index contributed by atoms with van der Waals surface area (Å²) in [6.07, 6.45) is 2.64. The van der Waals surface area contributed by atoms with Gasteiger partial charge >= 0.3 is 6.03 Å². The van der Waals surface area contributed by atoms with E-state index in [2.05, 4.69) is 17.1 Å². The number of para-hydroxylation sites is 2. The van der Waals surface area contributed by atoms with Crippen molar-refractivity contribution in [2.75, 3.05) is 36.4 Å². The third-order valence-corrected chi connectivity index (χ3v) is 7.00. The van der Waals surface area contributed by atoms with Crippen molar-refractivity contribution in [3.63, 3.8) is 0 Å². The van der Waals surface area contributed by atoms with Crippen molar-refractivity contribution in [3.8, 4) is 5.69 Å². The molecule has 0 unspecified atom stereocenters. The van der Waals surface area contributed by atoms with Crippen molar-refractivity contribution >= 4 is 28.6 Å². The Hall–Kier alpha value is -3.94. The van der Waals surface area contributed by atoms with Gasteiger partial charge in [-0.1, -0.05) is 43.3 Å². The van der Waals surface area contributed by atoms with E-state index in [1.165, 1.54) is 0 Å². The Morgan fingerprint density at radius 1 is 0.919 bits per heavy atom. The fourth-order valence-electron chi connectivity index (χ4n) is 5.05. The van der Waals surface area contributed by atoms with Gasteiger partial charge in [-0.15, -0.1) is 0 Å². The molecule has 1 aliphatic rings. The van der Waals surface area contributed by atoms with Crippen molar-refractivity contribution < 1.29 is 4.79 Å². The van der Waals surface area contributed by atoms with Crippen molar-refractivity contribution in [2.24, 2.45) is 0 Å². The molecule has 4 aromatic rings. The first-order chi connectivity index (χ1) is 18.0. The molecule has 0 spiro atoms. The number of carbonyl (C=O) groups excluding carboxylic acids is 1. The van der Waals surface area contributed by atoms with E-state index in [0.717, 1.165) is 76.7 Å². The van der Waals surface area contributed by atoms with Gasteiger partial charge in [-0.05, 0) is 56.9 Å². The Morgan fingerprint density at radius 3 is 2.41 bits per heavy atom. The number of fused-ring (bicyclic) bond motifs is 1. The fourth-order valence-corrected chi connectivity index (χ4v) is 5.05. The molecule has 1 aliphatic heterocycles. The van der Waals surface area contributed by atoms with Crippen molar-refractivity contribution in [2.45, 2.75) is 47.0 Å². The van der Waals surface area contributed by atoms with Gasteiger partial charge in [0.2, 0.25) is 0 Å². The molecule has 0 aliphatic carbocycles. The molecule has 8 heteroatoms. The van der Waals surface area contributed by atoms with Gasteiger partial charge in [-0.2, -0.15) is 5.10 Å². The van der Waals surface area contributed by atoms with E-state index in [-0.39, 0.29) is 6.03 Å². The van der Waals surface area contributed by atoms with Gasteiger partial charge in [0.05, 0.1) is 16.8 Å². The lowest BCUT2D eigenvalue weighted by molar-refractivity contribution is 0.215. The van der Waals surface area contributed by atoms with E-state index in [4.69, 9.17) is 15.1 Å². The average Bonchev–Trinajstić information content (AvgIpc) is 3.06. The number of aromatic nitrogens is 4. The molecule has 2 aromatic carbocycles. The summed E-state index contributed by atoms with van der Waals surface area (Å²) in [5, 5.41) is 8.99. The van der Waals surface area contributed by atoms with Crippen LogP contribution >= 0.6 is 0 Å². The summed E-state index contributed by atoms with van der Waals surface area (Å²) in [5.74, 6) is 1.75. The molecule has 8 nitrogen and oxygen atoms in total. The second kappa shape index (κ2) is 10.6. The highest BCUT2D eigenvalue weighted by molar-refractivity contribution is 5.92. The van der Waals surface area contributed by atoms with Gasteiger partial charge in [-0.25, -0.2) is 19.4 Å². The van der Waals surface area contributed by atoms with Gasteiger partial charge in [0.15, 0.2) is 5.65 Å². The maximum atomic E-state index is 13.2. The van der Waals surface area contributed by atoms with Crippen LogP contribution in [0.2, 0.25) is 0 Å². The second-order valence-corrected chi connectivity index (χ2v) is 9.77. The summed E-state index contributed by atoms with van der Waals surface area (Å²) in [6, 6.07) is 16.1. The Balaban J connectivity index is 1.44. The Bertz CT molecular complexity index is 1390. The molecule has 2 aromatic heterocycles. The molecule has 2 amide bonds. The van der Waals surface area contributed by atoms with Crippen LogP contribution in [-0.4, -0.2) is 56.9 Å². The van der Waals surface area contributed by atoms with Crippen LogP contribution in [0.25, 0.3) is 16.7 Å². The monoisotopic (exact) mass is 497 g/mol. The first kappa shape index (κ1) is 24.7. The lowest BCUT2D eigenvalue weighted by Crippen LogP contribution is -2.38. The summed E-state index contributed by atoms with van der Waals surface area (Å²) in [7, 11) is 0. The third-order valence-electron chi connectivity index (χ3n) is 7.00. The van der Waals surface area contributed by atoms with Gasteiger partial charge < -0.3 is 15.1 Å². The van der Waals surface area contributed by atoms with Crippen LogP contribution < -0.4 is 10.2 Å². The van der Waals surface area contributed by atoms with Crippen molar-refractivity contribution in [1.29, 1.82) is 0 Å². The molecule has 0 atom stereocenters. The molecule has 3 heterocycles. The normalized spacial score (nSPS) is 14.2. The zero-order chi connectivity index (χ0) is 25.9. The maximum absolute atomic E-state index is 13.2. The minimum absolute atomic E-state index is 0.0492. The minimum atomic E-state index is -0.0492. The highest BCUT2D eigenvalue weighted by atomic mass is 16.2. The van der Waals surface area contributed by atoms with Crippen LogP contribution in [0.1, 0.15) is 42.4 Å². The number of nitrogens with one attached hydrogen (secondary N) is 1. The molecule has 37 heavy (non-hydrogen) atoms. The maximum Gasteiger partial charge on any atom is 0.321 e. The van der Waals surface area contributed by atoms with Crippen LogP contribution in [0, 0.1) is 20.8 Å². The highest BCUT2D eigenvalue weighted by Gasteiger charge is 2.25. The zero-order valence-electron chi connectivity index (χ0n) is 22.2. The number of amides is 2. The molecule has 0 bridgehead atoms. The smallest absolute Gasteiger partial charge is 0.321 e. The number of nitrogens with zero attached hydrogens (tertiary/aromatic N) is 6. The molecule has 0 radical (unpaired) electrons. The van der Waals surface area contributed by atoms with E-state index in [1.807, 2.05) is 78.9 Å². The van der Waals surface area contributed by atoms with Crippen LogP contribution in [0.4, 0.5) is 16.3 Å². The number of anilines is 2. The van der Waals surface area contributed by atoms with E-state index < -0.39 is 0 Å². The SMILES string of the molecule is CCCc1nc(N2CCCN(C(=O)Nc3c(C)cccc3C)CC2)c2c(C)nn(-c3ccccc3)c2n1. The second-order valence-electron chi connectivity index (χ2n) is 9.77. The topological polar surface area (TPSA) is 79.2 Å². The largest absolute Gasteiger partial charge is 0.354 e. The number of rotatable bonds is 5. The predicted octanol–water partition coefficient (Wildman–Crippen LogP) is 5.44. The summed E-state index contributed by atoms with van der Waals surface area (Å²) in [6.45, 7) is 11.1. The number of benzene rings is 2. The molecule has 1 saturated heterocycles. The van der Waals surface area contributed by atoms with E-state index in [0.29, 0.717) is 19.6 Å². The molecule has 5 rings (SSSR count). The number of urea groups is 1. The van der Waals surface area contributed by atoms with Gasteiger partial charge in [0.25, 0.3) is 0 Å². The first-order valence-corrected chi connectivity index (χ1v) is 13.1. The third kappa shape index (κ3) is 5.01. The Kier molecular flexibility index (Phi) is 7.08. The average molecular weight is 498 g/mol. The Morgan fingerprint density at radius 2 is 1.68 bits per heavy atom. The molecule has 1 fully saturated rings. The summed E-state index contributed by atoms with van der Waals surface area (Å²) in [5.41, 5.74) is 5.78.